The van der Waals surface area contributed by atoms with Crippen molar-refractivity contribution in [1.82, 2.24) is 14.9 Å². The minimum atomic E-state index is -1.13. The minimum absolute atomic E-state index is 0.0388. The van der Waals surface area contributed by atoms with Crippen LogP contribution in [0, 0.1) is 0 Å². The van der Waals surface area contributed by atoms with E-state index >= 15 is 0 Å². The first kappa shape index (κ1) is 23.5. The van der Waals surface area contributed by atoms with Gasteiger partial charge in [-0.15, -0.1) is 0 Å². The van der Waals surface area contributed by atoms with E-state index in [0.717, 1.165) is 11.8 Å². The van der Waals surface area contributed by atoms with Gasteiger partial charge >= 0.3 is 5.97 Å². The lowest BCUT2D eigenvalue weighted by Crippen LogP contribution is -2.31. The summed E-state index contributed by atoms with van der Waals surface area (Å²) in [5, 5.41) is 13.5. The van der Waals surface area contributed by atoms with Gasteiger partial charge in [-0.2, -0.15) is 0 Å². The van der Waals surface area contributed by atoms with Crippen LogP contribution in [-0.2, 0) is 18.4 Å². The van der Waals surface area contributed by atoms with Crippen molar-refractivity contribution in [2.24, 2.45) is 12.8 Å². The maximum Gasteiger partial charge on any atom is 0.333 e. The number of hydrogen-bond donors (Lipinski definition) is 3. The van der Waals surface area contributed by atoms with Crippen LogP contribution in [0.4, 0.5) is 0 Å². The van der Waals surface area contributed by atoms with Crippen molar-refractivity contribution >= 4 is 40.1 Å². The van der Waals surface area contributed by atoms with Crippen molar-refractivity contribution < 1.29 is 9.90 Å². The number of nitrogens with two attached hydrogens (primary N) is 1. The van der Waals surface area contributed by atoms with Crippen molar-refractivity contribution in [3.63, 3.8) is 0 Å². The first-order valence-corrected chi connectivity index (χ1v) is 10.5. The largest absolute Gasteiger partial charge is 0.478 e. The third-order valence-electron chi connectivity index (χ3n) is 5.02. The van der Waals surface area contributed by atoms with Crippen LogP contribution in [0.1, 0.15) is 12.5 Å². The van der Waals surface area contributed by atoms with Gasteiger partial charge in [0.05, 0.1) is 21.5 Å². The van der Waals surface area contributed by atoms with Gasteiger partial charge in [-0.25, -0.2) is 9.78 Å². The van der Waals surface area contributed by atoms with E-state index in [0.29, 0.717) is 27.3 Å². The van der Waals surface area contributed by atoms with Crippen molar-refractivity contribution in [3.05, 3.63) is 86.3 Å². The molecule has 9 heteroatoms. The number of carboxylic acids is 1. The fraction of sp³-hybridized carbons (Fsp3) is 0.174. The molecule has 2 aromatic carbocycles. The second-order valence-corrected chi connectivity index (χ2v) is 8.06. The number of aliphatic carboxylic acids is 1. The molecule has 1 aromatic heterocycles. The van der Waals surface area contributed by atoms with Crippen LogP contribution in [0.3, 0.4) is 0 Å². The quantitative estimate of drug-likeness (QED) is 0.356. The zero-order valence-corrected chi connectivity index (χ0v) is 19.0. The Balaban J connectivity index is 2.05. The molecule has 166 valence electrons. The Morgan fingerprint density at radius 2 is 2.00 bits per heavy atom. The summed E-state index contributed by atoms with van der Waals surface area (Å²) in [4.78, 5) is 29.4. The van der Waals surface area contributed by atoms with Crippen LogP contribution in [-0.4, -0.2) is 26.7 Å². The SMILES string of the molecule is CC(NCc1cc(Cl)cc2c(=O)n(C)c(-c3ccccc3)nc12)/C(=C\C(Cl)=C/N)C(=O)O. The van der Waals surface area contributed by atoms with Crippen molar-refractivity contribution in [1.29, 1.82) is 0 Å². The van der Waals surface area contributed by atoms with E-state index in [4.69, 9.17) is 33.9 Å². The summed E-state index contributed by atoms with van der Waals surface area (Å²) >= 11 is 12.1. The van der Waals surface area contributed by atoms with Crippen LogP contribution in [0.5, 0.6) is 0 Å². The second kappa shape index (κ2) is 9.99. The highest BCUT2D eigenvalue weighted by atomic mass is 35.5. The molecule has 0 radical (unpaired) electrons. The zero-order valence-electron chi connectivity index (χ0n) is 17.5. The van der Waals surface area contributed by atoms with Gasteiger partial charge in [0.25, 0.3) is 5.56 Å². The van der Waals surface area contributed by atoms with Crippen LogP contribution >= 0.6 is 23.2 Å². The summed E-state index contributed by atoms with van der Waals surface area (Å²) < 4.78 is 1.49. The third-order valence-corrected chi connectivity index (χ3v) is 5.47. The van der Waals surface area contributed by atoms with Gasteiger partial charge in [0, 0.05) is 36.4 Å². The molecule has 32 heavy (non-hydrogen) atoms. The number of halogens is 2. The highest BCUT2D eigenvalue weighted by molar-refractivity contribution is 6.31. The fourth-order valence-corrected chi connectivity index (χ4v) is 3.69. The molecule has 4 N–H and O–H groups in total. The molecular formula is C23H22Cl2N4O3. The van der Waals surface area contributed by atoms with Crippen molar-refractivity contribution in [3.8, 4) is 11.4 Å². The Bertz CT molecular complexity index is 1280. The topological polar surface area (TPSA) is 110 Å². The molecule has 0 bridgehead atoms. The number of fused-ring (bicyclic) bond motifs is 1. The van der Waals surface area contributed by atoms with E-state index in [1.165, 1.54) is 10.6 Å². The summed E-state index contributed by atoms with van der Waals surface area (Å²) in [6.45, 7) is 1.91. The van der Waals surface area contributed by atoms with E-state index in [-0.39, 0.29) is 22.7 Å². The summed E-state index contributed by atoms with van der Waals surface area (Å²) in [6, 6.07) is 12.1. The lowest BCUT2D eigenvalue weighted by molar-refractivity contribution is -0.133. The number of hydrogen-bond acceptors (Lipinski definition) is 5. The highest BCUT2D eigenvalue weighted by Gasteiger charge is 2.18. The normalized spacial score (nSPS) is 13.4. The maximum absolute atomic E-state index is 13.0. The average molecular weight is 473 g/mol. The molecule has 0 aliphatic carbocycles. The maximum atomic E-state index is 13.0. The fourth-order valence-electron chi connectivity index (χ4n) is 3.33. The Labute approximate surface area is 194 Å². The molecular weight excluding hydrogens is 451 g/mol. The number of rotatable bonds is 7. The number of carbonyl (C=O) groups is 1. The monoisotopic (exact) mass is 472 g/mol. The molecule has 1 heterocycles. The van der Waals surface area contributed by atoms with Crippen molar-refractivity contribution in [2.75, 3.05) is 0 Å². The van der Waals surface area contributed by atoms with Crippen LogP contribution in [0.15, 0.2) is 70.1 Å². The molecule has 0 aliphatic heterocycles. The minimum Gasteiger partial charge on any atom is -0.478 e. The summed E-state index contributed by atoms with van der Waals surface area (Å²) in [5.74, 6) is -0.606. The lowest BCUT2D eigenvalue weighted by Gasteiger charge is -2.17. The Morgan fingerprint density at radius 3 is 2.62 bits per heavy atom. The summed E-state index contributed by atoms with van der Waals surface area (Å²) in [5.41, 5.74) is 7.12. The number of benzene rings is 2. The van der Waals surface area contributed by atoms with Gasteiger partial charge in [0.1, 0.15) is 5.82 Å². The highest BCUT2D eigenvalue weighted by Crippen LogP contribution is 2.24. The molecule has 0 spiro atoms. The average Bonchev–Trinajstić information content (AvgIpc) is 2.78. The Kier molecular flexibility index (Phi) is 7.35. The van der Waals surface area contributed by atoms with Gasteiger partial charge < -0.3 is 16.2 Å². The van der Waals surface area contributed by atoms with Crippen LogP contribution < -0.4 is 16.6 Å². The number of aromatic nitrogens is 2. The van der Waals surface area contributed by atoms with Gasteiger partial charge in [0.2, 0.25) is 0 Å². The predicted octanol–water partition coefficient (Wildman–Crippen LogP) is 3.78. The molecule has 3 rings (SSSR count). The molecule has 7 nitrogen and oxygen atoms in total. The first-order chi connectivity index (χ1) is 15.2. The zero-order chi connectivity index (χ0) is 23.4. The smallest absolute Gasteiger partial charge is 0.333 e. The van der Waals surface area contributed by atoms with E-state index in [2.05, 4.69) is 5.32 Å². The summed E-state index contributed by atoms with van der Waals surface area (Å²) in [7, 11) is 1.66. The first-order valence-electron chi connectivity index (χ1n) is 9.73. The van der Waals surface area contributed by atoms with Gasteiger partial charge in [-0.3, -0.25) is 9.36 Å². The predicted molar refractivity (Wildman–Crippen MR) is 128 cm³/mol. The molecule has 1 atom stereocenters. The molecule has 1 unspecified atom stereocenters. The molecule has 0 fully saturated rings. The lowest BCUT2D eigenvalue weighted by atomic mass is 10.1. The summed E-state index contributed by atoms with van der Waals surface area (Å²) in [6.07, 6.45) is 2.41. The molecule has 0 saturated heterocycles. The Morgan fingerprint density at radius 1 is 1.31 bits per heavy atom. The van der Waals surface area contributed by atoms with Gasteiger partial charge in [0.15, 0.2) is 0 Å². The molecule has 0 amide bonds. The Hall–Kier alpha value is -3.13. The standard InChI is InChI=1S/C23H22Cl2N4O3/c1-13(18(23(31)32)10-17(25)11-26)27-12-15-8-16(24)9-19-20(15)28-21(29(2)22(19)30)14-6-4-3-5-7-14/h3-11,13,27H,12,26H2,1-2H3,(H,31,32)/b17-11+,18-10+. The van der Waals surface area contributed by atoms with Gasteiger partial charge in [-0.1, -0.05) is 53.5 Å². The van der Waals surface area contributed by atoms with Crippen molar-refractivity contribution in [2.45, 2.75) is 19.5 Å². The molecule has 0 aliphatic rings. The number of nitrogens with one attached hydrogen (secondary N) is 1. The van der Waals surface area contributed by atoms with E-state index < -0.39 is 12.0 Å². The molecule has 3 aromatic rings. The van der Waals surface area contributed by atoms with E-state index in [1.807, 2.05) is 30.3 Å². The van der Waals surface area contributed by atoms with E-state index in [9.17, 15) is 14.7 Å². The van der Waals surface area contributed by atoms with Crippen LogP contribution in [0.2, 0.25) is 5.02 Å². The van der Waals surface area contributed by atoms with Gasteiger partial charge in [-0.05, 0) is 30.7 Å². The number of nitrogens with zero attached hydrogens (tertiary/aromatic N) is 2. The van der Waals surface area contributed by atoms with Crippen LogP contribution in [0.25, 0.3) is 22.3 Å². The number of allylic oxidation sites excluding steroid dienone is 2. The number of carboxylic acid groups (broad SMARTS) is 1. The second-order valence-electron chi connectivity index (χ2n) is 7.19. The molecule has 0 saturated carbocycles. The van der Waals surface area contributed by atoms with E-state index in [1.54, 1.807) is 26.1 Å². The third kappa shape index (κ3) is 5.02.